The largest absolute Gasteiger partial charge is 0.454 e. The molecule has 0 radical (unpaired) electrons. The first-order valence-corrected chi connectivity index (χ1v) is 12.7. The molecule has 2 aromatic carbocycles. The Balaban J connectivity index is 1.50. The molecule has 0 amide bonds. The first-order chi connectivity index (χ1) is 15.0. The highest BCUT2D eigenvalue weighted by molar-refractivity contribution is 7.91. The van der Waals surface area contributed by atoms with Crippen LogP contribution in [0, 0.1) is 0 Å². The molecule has 1 aliphatic heterocycles. The van der Waals surface area contributed by atoms with Gasteiger partial charge in [-0.3, -0.25) is 4.79 Å². The van der Waals surface area contributed by atoms with Crippen molar-refractivity contribution in [2.45, 2.75) is 55.8 Å². The highest BCUT2D eigenvalue weighted by Gasteiger charge is 2.50. The molecule has 2 aliphatic rings. The van der Waals surface area contributed by atoms with E-state index in [0.29, 0.717) is 27.5 Å². The van der Waals surface area contributed by atoms with Crippen molar-refractivity contribution in [3.63, 3.8) is 0 Å². The van der Waals surface area contributed by atoms with E-state index in [-0.39, 0.29) is 24.4 Å². The summed E-state index contributed by atoms with van der Waals surface area (Å²) in [5.74, 6) is 1.53. The Hall–Kier alpha value is -2.80. The van der Waals surface area contributed by atoms with Gasteiger partial charge in [-0.15, -0.1) is 0 Å². The Labute approximate surface area is 187 Å². The minimum Gasteiger partial charge on any atom is -0.454 e. The van der Waals surface area contributed by atoms with Crippen molar-refractivity contribution in [3.05, 3.63) is 53.2 Å². The van der Waals surface area contributed by atoms with Crippen LogP contribution >= 0.6 is 0 Å². The first-order valence-electron chi connectivity index (χ1n) is 10.8. The second kappa shape index (κ2) is 6.85. The molecular formula is C25H27NO5S. The summed E-state index contributed by atoms with van der Waals surface area (Å²) in [7, 11) is -3.45. The van der Waals surface area contributed by atoms with Gasteiger partial charge in [0.2, 0.25) is 6.79 Å². The summed E-state index contributed by atoms with van der Waals surface area (Å²) in [5.41, 5.74) is 2.39. The van der Waals surface area contributed by atoms with Gasteiger partial charge < -0.3 is 14.5 Å². The van der Waals surface area contributed by atoms with Crippen LogP contribution in [0.2, 0.25) is 0 Å². The molecule has 1 aromatic heterocycles. The number of fused-ring (bicyclic) bond motifs is 2. The van der Waals surface area contributed by atoms with Crippen LogP contribution in [-0.2, 0) is 31.9 Å². The molecule has 1 N–H and O–H groups in total. The molecule has 0 unspecified atom stereocenters. The zero-order valence-electron chi connectivity index (χ0n) is 18.7. The molecule has 0 bridgehead atoms. The van der Waals surface area contributed by atoms with Crippen LogP contribution in [0.3, 0.4) is 0 Å². The lowest BCUT2D eigenvalue weighted by Crippen LogP contribution is -2.22. The number of carbonyl (C=O) groups excluding carboxylic acids is 1. The normalized spacial score (nSPS) is 17.0. The number of sulfone groups is 1. The molecule has 0 saturated heterocycles. The molecule has 0 spiro atoms. The molecule has 1 fully saturated rings. The van der Waals surface area contributed by atoms with Crippen molar-refractivity contribution in [3.8, 4) is 11.5 Å². The Morgan fingerprint density at radius 1 is 1.06 bits per heavy atom. The van der Waals surface area contributed by atoms with E-state index in [2.05, 4.69) is 4.98 Å². The molecule has 7 heteroatoms. The van der Waals surface area contributed by atoms with Gasteiger partial charge in [0.05, 0.1) is 10.3 Å². The fraction of sp³-hybridized carbons (Fsp3) is 0.400. The second-order valence-corrected chi connectivity index (χ2v) is 11.9. The molecule has 5 rings (SSSR count). The Kier molecular flexibility index (Phi) is 4.51. The minimum atomic E-state index is -3.45. The van der Waals surface area contributed by atoms with Crippen LogP contribution in [0.4, 0.5) is 0 Å². The van der Waals surface area contributed by atoms with Crippen LogP contribution < -0.4 is 9.47 Å². The quantitative estimate of drug-likeness (QED) is 0.617. The summed E-state index contributed by atoms with van der Waals surface area (Å²) in [6, 6.07) is 11.4. The van der Waals surface area contributed by atoms with Gasteiger partial charge in [0.1, 0.15) is 5.78 Å². The van der Waals surface area contributed by atoms with Gasteiger partial charge in [-0.2, -0.15) is 0 Å². The van der Waals surface area contributed by atoms with Crippen LogP contribution in [0.25, 0.3) is 10.9 Å². The number of hydrogen-bond donors (Lipinski definition) is 1. The average molecular weight is 454 g/mol. The highest BCUT2D eigenvalue weighted by atomic mass is 32.2. The van der Waals surface area contributed by atoms with Gasteiger partial charge >= 0.3 is 0 Å². The number of aromatic amines is 1. The zero-order chi connectivity index (χ0) is 22.9. The van der Waals surface area contributed by atoms with Crippen molar-refractivity contribution in [2.24, 2.45) is 0 Å². The summed E-state index contributed by atoms with van der Waals surface area (Å²) in [6.07, 6.45) is 3.10. The first kappa shape index (κ1) is 21.1. The predicted molar refractivity (Wildman–Crippen MR) is 122 cm³/mol. The third kappa shape index (κ3) is 3.39. The number of hydrogen-bond acceptors (Lipinski definition) is 5. The third-order valence-electron chi connectivity index (χ3n) is 6.51. The van der Waals surface area contributed by atoms with Gasteiger partial charge in [0.25, 0.3) is 0 Å². The van der Waals surface area contributed by atoms with Crippen molar-refractivity contribution in [1.82, 2.24) is 4.98 Å². The third-order valence-corrected chi connectivity index (χ3v) is 7.68. The number of nitrogens with one attached hydrogen (secondary N) is 1. The maximum atomic E-state index is 13.4. The van der Waals surface area contributed by atoms with Crippen LogP contribution in [0.1, 0.15) is 50.4 Å². The van der Waals surface area contributed by atoms with Gasteiger partial charge in [-0.1, -0.05) is 32.9 Å². The average Bonchev–Trinajstić information content (AvgIpc) is 3.21. The van der Waals surface area contributed by atoms with Crippen molar-refractivity contribution >= 4 is 26.5 Å². The maximum absolute atomic E-state index is 13.4. The monoisotopic (exact) mass is 453 g/mol. The van der Waals surface area contributed by atoms with Crippen molar-refractivity contribution in [2.75, 3.05) is 13.0 Å². The molecule has 3 aromatic rings. The number of ether oxygens (including phenoxy) is 2. The van der Waals surface area contributed by atoms with E-state index in [1.54, 1.807) is 0 Å². The van der Waals surface area contributed by atoms with Gasteiger partial charge in [-0.05, 0) is 48.2 Å². The Bertz CT molecular complexity index is 1360. The summed E-state index contributed by atoms with van der Waals surface area (Å²) in [5, 5.41) is 0.649. The fourth-order valence-corrected chi connectivity index (χ4v) is 5.94. The number of ketones is 1. The standard InChI is InChI=1S/C25H27NO5S/c1-24(2,3)23-22(32(4,28)29)17-11-15(5-7-18(17)26-23)12-21(27)25(9-10-25)16-6-8-19-20(13-16)31-14-30-19/h5-8,11,13,26H,9-10,12,14H2,1-4H3. The molecule has 2 heterocycles. The molecule has 1 aliphatic carbocycles. The summed E-state index contributed by atoms with van der Waals surface area (Å²) in [6.45, 7) is 6.16. The van der Waals surface area contributed by atoms with Gasteiger partial charge in [0, 0.05) is 34.7 Å². The van der Waals surface area contributed by atoms with E-state index in [0.717, 1.165) is 29.5 Å². The number of Topliss-reactive ketones (excluding diaryl/α,β-unsaturated/α-hetero) is 1. The van der Waals surface area contributed by atoms with E-state index < -0.39 is 15.3 Å². The maximum Gasteiger partial charge on any atom is 0.231 e. The SMILES string of the molecule is CC(C)(C)c1[nH]c2ccc(CC(=O)C3(c4ccc5c(c4)OCO5)CC3)cc2c1S(C)(=O)=O. The smallest absolute Gasteiger partial charge is 0.231 e. The van der Waals surface area contributed by atoms with Crippen LogP contribution in [-0.4, -0.2) is 32.2 Å². The van der Waals surface area contributed by atoms with E-state index in [4.69, 9.17) is 9.47 Å². The summed E-state index contributed by atoms with van der Waals surface area (Å²) in [4.78, 5) is 17.0. The molecular weight excluding hydrogens is 426 g/mol. The van der Waals surface area contributed by atoms with Crippen molar-refractivity contribution < 1.29 is 22.7 Å². The number of carbonyl (C=O) groups is 1. The zero-order valence-corrected chi connectivity index (χ0v) is 19.6. The lowest BCUT2D eigenvalue weighted by molar-refractivity contribution is -0.120. The molecule has 6 nitrogen and oxygen atoms in total. The second-order valence-electron chi connectivity index (χ2n) is 9.98. The van der Waals surface area contributed by atoms with Gasteiger partial charge in [0.15, 0.2) is 21.3 Å². The summed E-state index contributed by atoms with van der Waals surface area (Å²) < 4.78 is 36.2. The Morgan fingerprint density at radius 3 is 2.44 bits per heavy atom. The molecule has 0 atom stereocenters. The Morgan fingerprint density at radius 2 is 1.78 bits per heavy atom. The lowest BCUT2D eigenvalue weighted by Gasteiger charge is -2.18. The number of benzene rings is 2. The fourth-order valence-electron chi connectivity index (χ4n) is 4.64. The lowest BCUT2D eigenvalue weighted by atomic mass is 9.87. The number of aromatic nitrogens is 1. The van der Waals surface area contributed by atoms with Crippen LogP contribution in [0.5, 0.6) is 11.5 Å². The van der Waals surface area contributed by atoms with Gasteiger partial charge in [-0.25, -0.2) is 8.42 Å². The highest BCUT2D eigenvalue weighted by Crippen LogP contribution is 2.51. The van der Waals surface area contributed by atoms with E-state index in [9.17, 15) is 13.2 Å². The summed E-state index contributed by atoms with van der Waals surface area (Å²) >= 11 is 0. The van der Waals surface area contributed by atoms with E-state index in [1.807, 2.05) is 57.2 Å². The minimum absolute atomic E-state index is 0.142. The molecule has 168 valence electrons. The molecule has 32 heavy (non-hydrogen) atoms. The topological polar surface area (TPSA) is 85.5 Å². The van der Waals surface area contributed by atoms with Crippen molar-refractivity contribution in [1.29, 1.82) is 0 Å². The number of H-pyrrole nitrogens is 1. The number of rotatable bonds is 5. The van der Waals surface area contributed by atoms with E-state index >= 15 is 0 Å². The van der Waals surface area contributed by atoms with E-state index in [1.165, 1.54) is 6.26 Å². The van der Waals surface area contributed by atoms with Crippen LogP contribution in [0.15, 0.2) is 41.3 Å². The molecule has 1 saturated carbocycles. The predicted octanol–water partition coefficient (Wildman–Crippen LogP) is 4.44.